The monoisotopic (exact) mass is 400 g/mol. The van der Waals surface area contributed by atoms with Gasteiger partial charge in [-0.15, -0.1) is 11.3 Å². The predicted octanol–water partition coefficient (Wildman–Crippen LogP) is 3.02. The van der Waals surface area contributed by atoms with E-state index in [-0.39, 0.29) is 24.5 Å². The molecule has 28 heavy (non-hydrogen) atoms. The number of nitrogens with zero attached hydrogens (tertiary/aromatic N) is 1. The molecule has 1 fully saturated rings. The van der Waals surface area contributed by atoms with E-state index < -0.39 is 18.5 Å². The molecule has 146 valence electrons. The topological polar surface area (TPSA) is 92.8 Å². The van der Waals surface area contributed by atoms with Crippen LogP contribution in [-0.4, -0.2) is 36.7 Å². The van der Waals surface area contributed by atoms with Gasteiger partial charge in [0.1, 0.15) is 0 Å². The molecule has 2 heterocycles. The Morgan fingerprint density at radius 1 is 1.11 bits per heavy atom. The Labute approximate surface area is 166 Å². The Hall–Kier alpha value is -3.00. The highest BCUT2D eigenvalue weighted by Crippen LogP contribution is 2.29. The lowest BCUT2D eigenvalue weighted by Crippen LogP contribution is -2.27. The first kappa shape index (κ1) is 19.8. The Morgan fingerprint density at radius 3 is 2.64 bits per heavy atom. The van der Waals surface area contributed by atoms with Gasteiger partial charge in [-0.25, -0.2) is 0 Å². The zero-order valence-corrected chi connectivity index (χ0v) is 16.0. The van der Waals surface area contributed by atoms with E-state index >= 15 is 0 Å². The first-order valence-electron chi connectivity index (χ1n) is 8.96. The number of esters is 1. The number of ketones is 1. The zero-order chi connectivity index (χ0) is 19.9. The van der Waals surface area contributed by atoms with E-state index in [0.717, 1.165) is 6.42 Å². The predicted molar refractivity (Wildman–Crippen MR) is 106 cm³/mol. The SMILES string of the molecule is O=C(COC(=O)CCC(=O)c1cccs1)Nc1ccccc1N1CCCC1=O. The number of Topliss-reactive ketones (excluding diaryl/α,β-unsaturated/α-hetero) is 1. The van der Waals surface area contributed by atoms with E-state index in [2.05, 4.69) is 5.32 Å². The summed E-state index contributed by atoms with van der Waals surface area (Å²) in [5.41, 5.74) is 1.12. The van der Waals surface area contributed by atoms with Crippen LogP contribution in [0.4, 0.5) is 11.4 Å². The Kier molecular flexibility index (Phi) is 6.54. The van der Waals surface area contributed by atoms with Gasteiger partial charge in [0.25, 0.3) is 5.91 Å². The van der Waals surface area contributed by atoms with Crippen LogP contribution in [0.1, 0.15) is 35.4 Å². The van der Waals surface area contributed by atoms with Crippen molar-refractivity contribution < 1.29 is 23.9 Å². The molecule has 0 aliphatic carbocycles. The van der Waals surface area contributed by atoms with Crippen molar-refractivity contribution >= 4 is 46.3 Å². The van der Waals surface area contributed by atoms with Gasteiger partial charge in [-0.3, -0.25) is 19.2 Å². The van der Waals surface area contributed by atoms with Crippen molar-refractivity contribution in [1.82, 2.24) is 0 Å². The van der Waals surface area contributed by atoms with Crippen LogP contribution in [0.2, 0.25) is 0 Å². The summed E-state index contributed by atoms with van der Waals surface area (Å²) >= 11 is 1.32. The third-order valence-electron chi connectivity index (χ3n) is 4.26. The molecule has 1 aromatic carbocycles. The fraction of sp³-hybridized carbons (Fsp3) is 0.300. The van der Waals surface area contributed by atoms with E-state index in [4.69, 9.17) is 4.74 Å². The molecule has 8 heteroatoms. The first-order chi connectivity index (χ1) is 13.5. The number of thiophene rings is 1. The molecule has 2 amide bonds. The minimum Gasteiger partial charge on any atom is -0.456 e. The third kappa shape index (κ3) is 5.04. The average Bonchev–Trinajstić information content (AvgIpc) is 3.37. The minimum absolute atomic E-state index is 0.0172. The van der Waals surface area contributed by atoms with Crippen molar-refractivity contribution in [2.75, 3.05) is 23.4 Å². The molecule has 7 nitrogen and oxygen atoms in total. The number of hydrogen-bond acceptors (Lipinski definition) is 6. The summed E-state index contributed by atoms with van der Waals surface area (Å²) in [4.78, 5) is 50.0. The average molecular weight is 400 g/mol. The quantitative estimate of drug-likeness (QED) is 0.543. The number of hydrogen-bond donors (Lipinski definition) is 1. The number of nitrogens with one attached hydrogen (secondary N) is 1. The smallest absolute Gasteiger partial charge is 0.306 e. The lowest BCUT2D eigenvalue weighted by Gasteiger charge is -2.19. The van der Waals surface area contributed by atoms with Gasteiger partial charge in [-0.1, -0.05) is 18.2 Å². The van der Waals surface area contributed by atoms with E-state index in [1.54, 1.807) is 46.7 Å². The number of carbonyl (C=O) groups is 4. The molecule has 0 bridgehead atoms. The highest BCUT2D eigenvalue weighted by Gasteiger charge is 2.24. The molecule has 0 unspecified atom stereocenters. The fourth-order valence-electron chi connectivity index (χ4n) is 2.90. The summed E-state index contributed by atoms with van der Waals surface area (Å²) in [6, 6.07) is 10.5. The van der Waals surface area contributed by atoms with Gasteiger partial charge in [-0.05, 0) is 30.0 Å². The van der Waals surface area contributed by atoms with Crippen LogP contribution in [0.15, 0.2) is 41.8 Å². The van der Waals surface area contributed by atoms with E-state index in [1.165, 1.54) is 11.3 Å². The van der Waals surface area contributed by atoms with Crippen LogP contribution in [0.3, 0.4) is 0 Å². The molecule has 1 aromatic heterocycles. The summed E-state index contributed by atoms with van der Waals surface area (Å²) in [6.45, 7) is 0.160. The van der Waals surface area contributed by atoms with Gasteiger partial charge in [0.2, 0.25) is 5.91 Å². The Bertz CT molecular complexity index is 878. The van der Waals surface area contributed by atoms with Gasteiger partial charge < -0.3 is 15.0 Å². The number of ether oxygens (including phenoxy) is 1. The number of amides is 2. The molecule has 0 saturated carbocycles. The van der Waals surface area contributed by atoms with E-state index in [1.807, 2.05) is 0 Å². The third-order valence-corrected chi connectivity index (χ3v) is 5.17. The molecule has 0 spiro atoms. The van der Waals surface area contributed by atoms with Crippen molar-refractivity contribution in [3.8, 4) is 0 Å². The van der Waals surface area contributed by atoms with Crippen molar-refractivity contribution in [3.05, 3.63) is 46.7 Å². The summed E-state index contributed by atoms with van der Waals surface area (Å²) in [5, 5.41) is 4.47. The highest BCUT2D eigenvalue weighted by atomic mass is 32.1. The largest absolute Gasteiger partial charge is 0.456 e. The van der Waals surface area contributed by atoms with Crippen LogP contribution >= 0.6 is 11.3 Å². The summed E-state index contributed by atoms with van der Waals surface area (Å²) in [6.07, 6.45) is 1.23. The molecule has 1 aliphatic heterocycles. The van der Waals surface area contributed by atoms with Gasteiger partial charge in [0.05, 0.1) is 22.7 Å². The Morgan fingerprint density at radius 2 is 1.93 bits per heavy atom. The molecule has 0 atom stereocenters. The van der Waals surface area contributed by atoms with Crippen molar-refractivity contribution in [1.29, 1.82) is 0 Å². The number of para-hydroxylation sites is 2. The normalized spacial score (nSPS) is 13.4. The maximum atomic E-state index is 12.1. The van der Waals surface area contributed by atoms with Crippen molar-refractivity contribution in [2.45, 2.75) is 25.7 Å². The van der Waals surface area contributed by atoms with Gasteiger partial charge in [-0.2, -0.15) is 0 Å². The van der Waals surface area contributed by atoms with Gasteiger partial charge in [0.15, 0.2) is 12.4 Å². The van der Waals surface area contributed by atoms with Crippen molar-refractivity contribution in [2.24, 2.45) is 0 Å². The van der Waals surface area contributed by atoms with Crippen LogP contribution in [-0.2, 0) is 19.1 Å². The van der Waals surface area contributed by atoms with Crippen LogP contribution in [0, 0.1) is 0 Å². The van der Waals surface area contributed by atoms with E-state index in [9.17, 15) is 19.2 Å². The second kappa shape index (κ2) is 9.27. The summed E-state index contributed by atoms with van der Waals surface area (Å²) in [5.74, 6) is -1.22. The second-order valence-corrected chi connectivity index (χ2v) is 7.22. The highest BCUT2D eigenvalue weighted by molar-refractivity contribution is 7.12. The molecule has 0 radical (unpaired) electrons. The molecular weight excluding hydrogens is 380 g/mol. The minimum atomic E-state index is -0.608. The van der Waals surface area contributed by atoms with Crippen molar-refractivity contribution in [3.63, 3.8) is 0 Å². The lowest BCUT2D eigenvalue weighted by molar-refractivity contribution is -0.147. The molecular formula is C20H20N2O5S. The maximum absolute atomic E-state index is 12.1. The molecule has 2 aromatic rings. The van der Waals surface area contributed by atoms with Gasteiger partial charge >= 0.3 is 5.97 Å². The number of rotatable bonds is 8. The molecule has 3 rings (SSSR count). The summed E-state index contributed by atoms with van der Waals surface area (Å²) in [7, 11) is 0. The van der Waals surface area contributed by atoms with Crippen LogP contribution < -0.4 is 10.2 Å². The number of benzene rings is 1. The van der Waals surface area contributed by atoms with Crippen LogP contribution in [0.25, 0.3) is 0 Å². The summed E-state index contributed by atoms with van der Waals surface area (Å²) < 4.78 is 4.95. The standard InChI is InChI=1S/C20H20N2O5S/c23-16(17-7-4-12-28-17)9-10-20(26)27-13-18(24)21-14-5-1-2-6-15(14)22-11-3-8-19(22)25/h1-2,4-7,12H,3,8-11,13H2,(H,21,24). The van der Waals surface area contributed by atoms with Crippen LogP contribution in [0.5, 0.6) is 0 Å². The maximum Gasteiger partial charge on any atom is 0.306 e. The molecule has 1 aliphatic rings. The molecule has 1 N–H and O–H groups in total. The number of anilines is 2. The number of carbonyl (C=O) groups excluding carboxylic acids is 4. The van der Waals surface area contributed by atoms with E-state index in [0.29, 0.717) is 29.2 Å². The second-order valence-electron chi connectivity index (χ2n) is 6.28. The van der Waals surface area contributed by atoms with Gasteiger partial charge in [0, 0.05) is 19.4 Å². The lowest BCUT2D eigenvalue weighted by atomic mass is 10.2. The first-order valence-corrected chi connectivity index (χ1v) is 9.84. The Balaban J connectivity index is 1.47. The molecule has 1 saturated heterocycles. The zero-order valence-electron chi connectivity index (χ0n) is 15.2. The fourth-order valence-corrected chi connectivity index (χ4v) is 3.59.